The fourth-order valence-corrected chi connectivity index (χ4v) is 6.43. The van der Waals surface area contributed by atoms with Crippen LogP contribution in [0.5, 0.6) is 0 Å². The van der Waals surface area contributed by atoms with Gasteiger partial charge in [-0.1, -0.05) is 50.3 Å². The smallest absolute Gasteiger partial charge is 0.138 e. The first-order valence-corrected chi connectivity index (χ1v) is 13.7. The normalized spacial score (nSPS) is 22.1. The van der Waals surface area contributed by atoms with Crippen molar-refractivity contribution < 1.29 is 5.11 Å². The lowest BCUT2D eigenvalue weighted by Crippen LogP contribution is -2.29. The molecule has 6 bridgehead atoms. The maximum atomic E-state index is 12.5. The average Bonchev–Trinajstić information content (AvgIpc) is 2.86. The highest BCUT2D eigenvalue weighted by Crippen LogP contribution is 2.41. The van der Waals surface area contributed by atoms with E-state index < -0.39 is 5.60 Å². The number of aryl methyl sites for hydroxylation is 2. The number of benzene rings is 2. The first-order valence-electron chi connectivity index (χ1n) is 12.2. The van der Waals surface area contributed by atoms with Gasteiger partial charge in [-0.3, -0.25) is 9.98 Å². The third kappa shape index (κ3) is 4.49. The Morgan fingerprint density at radius 3 is 2.77 bits per heavy atom. The van der Waals surface area contributed by atoms with E-state index in [1.54, 1.807) is 6.20 Å². The van der Waals surface area contributed by atoms with Gasteiger partial charge in [-0.2, -0.15) is 10.5 Å². The first kappa shape index (κ1) is 23.7. The number of rotatable bonds is 3. The van der Waals surface area contributed by atoms with Crippen molar-refractivity contribution >= 4 is 38.5 Å². The summed E-state index contributed by atoms with van der Waals surface area (Å²) in [5.74, 6) is 1.39. The lowest BCUT2D eigenvalue weighted by atomic mass is 9.79. The Bertz CT molecular complexity index is 1460. The minimum atomic E-state index is -1.31. The number of nitrogens with zero attached hydrogens (tertiary/aromatic N) is 2. The molecule has 2 aromatic carbocycles. The van der Waals surface area contributed by atoms with Crippen molar-refractivity contribution in [2.45, 2.75) is 39.7 Å². The molecule has 0 aliphatic carbocycles. The van der Waals surface area contributed by atoms with Crippen LogP contribution >= 0.6 is 10.5 Å². The van der Waals surface area contributed by atoms with Crippen LogP contribution in [0.1, 0.15) is 48.6 Å². The number of pyridine rings is 1. The highest BCUT2D eigenvalue weighted by molar-refractivity contribution is 8.17. The van der Waals surface area contributed by atoms with Crippen molar-refractivity contribution in [2.24, 2.45) is 10.9 Å². The van der Waals surface area contributed by atoms with Gasteiger partial charge < -0.3 is 5.11 Å². The van der Waals surface area contributed by atoms with E-state index in [2.05, 4.69) is 84.0 Å². The van der Waals surface area contributed by atoms with Crippen molar-refractivity contribution in [1.82, 2.24) is 4.98 Å². The standard InChI is InChI=1S/C31H32N2OS/c1-21(2)18-32-19-23(4)31(34)26-8-7-22(3)24(16-26)12-15-35-14-5-6-25(20-35)28-11-13-33-30-10-9-27(31)17-29(28)30/h5-11,13-14,16-21,34H,12,15H2,1-4H3/b23-19+,32-18?. The summed E-state index contributed by atoms with van der Waals surface area (Å²) >= 11 is 0. The zero-order valence-electron chi connectivity index (χ0n) is 20.8. The third-order valence-corrected chi connectivity index (χ3v) is 8.61. The quantitative estimate of drug-likeness (QED) is 0.326. The Kier molecular flexibility index (Phi) is 6.43. The molecule has 5 rings (SSSR count). The van der Waals surface area contributed by atoms with Gasteiger partial charge in [-0.25, -0.2) is 0 Å². The summed E-state index contributed by atoms with van der Waals surface area (Å²) in [5.41, 5.74) is 7.03. The molecule has 3 heterocycles. The number of hydrogen-bond donors (Lipinski definition) is 1. The molecular weight excluding hydrogens is 448 g/mol. The summed E-state index contributed by atoms with van der Waals surface area (Å²) in [4.78, 5) is 9.16. The minimum absolute atomic E-state index is 0.0594. The molecule has 0 spiro atoms. The van der Waals surface area contributed by atoms with Crippen LogP contribution in [-0.4, -0.2) is 27.4 Å². The van der Waals surface area contributed by atoms with Gasteiger partial charge in [-0.05, 0) is 99.9 Å². The largest absolute Gasteiger partial charge is 0.376 e. The second-order valence-corrected chi connectivity index (χ2v) is 11.6. The molecule has 3 nitrogen and oxygen atoms in total. The maximum Gasteiger partial charge on any atom is 0.138 e. The van der Waals surface area contributed by atoms with E-state index in [-0.39, 0.29) is 10.5 Å². The summed E-state index contributed by atoms with van der Waals surface area (Å²) in [6, 6.07) is 14.6. The molecule has 0 amide bonds. The minimum Gasteiger partial charge on any atom is -0.376 e. The zero-order chi connectivity index (χ0) is 24.6. The summed E-state index contributed by atoms with van der Waals surface area (Å²) in [5, 5.41) is 18.3. The molecule has 2 aliphatic heterocycles. The molecule has 0 fully saturated rings. The average molecular weight is 481 g/mol. The molecule has 0 radical (unpaired) electrons. The second kappa shape index (κ2) is 9.52. The van der Waals surface area contributed by atoms with E-state index in [0.717, 1.165) is 45.3 Å². The van der Waals surface area contributed by atoms with Crippen LogP contribution < -0.4 is 0 Å². The number of aliphatic hydroxyl groups is 1. The number of aromatic nitrogens is 1. The Morgan fingerprint density at radius 1 is 1.14 bits per heavy atom. The van der Waals surface area contributed by atoms with Crippen molar-refractivity contribution in [3.63, 3.8) is 0 Å². The van der Waals surface area contributed by atoms with Gasteiger partial charge in [0.2, 0.25) is 0 Å². The molecule has 4 heteroatoms. The lowest BCUT2D eigenvalue weighted by molar-refractivity contribution is 0.121. The van der Waals surface area contributed by atoms with Crippen LogP contribution in [0, 0.1) is 12.8 Å². The monoisotopic (exact) mass is 480 g/mol. The number of allylic oxidation sites excluding steroid dienone is 3. The predicted molar refractivity (Wildman–Crippen MR) is 152 cm³/mol. The Balaban J connectivity index is 1.81. The Labute approximate surface area is 210 Å². The Morgan fingerprint density at radius 2 is 1.94 bits per heavy atom. The lowest BCUT2D eigenvalue weighted by Gasteiger charge is -2.31. The third-order valence-electron chi connectivity index (χ3n) is 6.87. The van der Waals surface area contributed by atoms with E-state index in [1.165, 1.54) is 16.7 Å². The van der Waals surface area contributed by atoms with Crippen LogP contribution in [0.15, 0.2) is 83.0 Å². The van der Waals surface area contributed by atoms with Crippen LogP contribution in [0.2, 0.25) is 0 Å². The second-order valence-electron chi connectivity index (χ2n) is 9.79. The SMILES string of the molecule is C/C(=C\N=CC(C)C)C1(O)c2ccc(C)c(c2)CCS2=CC=CC(=C2)c2ccnc3ccc1cc23. The van der Waals surface area contributed by atoms with Crippen molar-refractivity contribution in [3.05, 3.63) is 106 Å². The molecular formula is C31H32N2OS. The van der Waals surface area contributed by atoms with Gasteiger partial charge in [0.25, 0.3) is 0 Å². The molecule has 178 valence electrons. The predicted octanol–water partition coefficient (Wildman–Crippen LogP) is 6.95. The molecule has 3 aromatic rings. The topological polar surface area (TPSA) is 45.5 Å². The fraction of sp³-hybridized carbons (Fsp3) is 0.258. The van der Waals surface area contributed by atoms with E-state index >= 15 is 0 Å². The van der Waals surface area contributed by atoms with Crippen molar-refractivity contribution in [1.29, 1.82) is 0 Å². The first-order chi connectivity index (χ1) is 16.9. The molecule has 0 saturated carbocycles. The van der Waals surface area contributed by atoms with Gasteiger partial charge >= 0.3 is 0 Å². The van der Waals surface area contributed by atoms with Gasteiger partial charge in [-0.15, -0.1) is 0 Å². The molecule has 1 aromatic heterocycles. The molecule has 1 N–H and O–H groups in total. The van der Waals surface area contributed by atoms with Gasteiger partial charge in [0.1, 0.15) is 5.60 Å². The molecule has 2 unspecified atom stereocenters. The fourth-order valence-electron chi connectivity index (χ4n) is 4.82. The van der Waals surface area contributed by atoms with Crippen LogP contribution in [-0.2, 0) is 12.0 Å². The zero-order valence-corrected chi connectivity index (χ0v) is 21.6. The number of fused-ring (bicyclic) bond motifs is 5. The molecule has 2 atom stereocenters. The van der Waals surface area contributed by atoms with Gasteiger partial charge in [0, 0.05) is 24.0 Å². The summed E-state index contributed by atoms with van der Waals surface area (Å²) in [6.07, 6.45) is 10.9. The summed E-state index contributed by atoms with van der Waals surface area (Å²) in [6.45, 7) is 8.33. The van der Waals surface area contributed by atoms with E-state index in [1.807, 2.05) is 31.5 Å². The Hall–Kier alpha value is -3.08. The van der Waals surface area contributed by atoms with E-state index in [0.29, 0.717) is 5.92 Å². The van der Waals surface area contributed by atoms with Gasteiger partial charge in [0.05, 0.1) is 5.52 Å². The van der Waals surface area contributed by atoms with Crippen LogP contribution in [0.25, 0.3) is 16.5 Å². The number of aliphatic imine (C=N–C) groups is 1. The van der Waals surface area contributed by atoms with Gasteiger partial charge in [0.15, 0.2) is 0 Å². The van der Waals surface area contributed by atoms with Crippen LogP contribution in [0.3, 0.4) is 0 Å². The van der Waals surface area contributed by atoms with Crippen molar-refractivity contribution in [3.8, 4) is 0 Å². The summed E-state index contributed by atoms with van der Waals surface area (Å²) in [7, 11) is 0.0594. The number of hydrogen-bond acceptors (Lipinski definition) is 3. The van der Waals surface area contributed by atoms with Crippen LogP contribution in [0.4, 0.5) is 0 Å². The highest BCUT2D eigenvalue weighted by atomic mass is 32.2. The highest BCUT2D eigenvalue weighted by Gasteiger charge is 2.35. The molecule has 2 aliphatic rings. The maximum absolute atomic E-state index is 12.5. The van der Waals surface area contributed by atoms with E-state index in [9.17, 15) is 5.11 Å². The van der Waals surface area contributed by atoms with E-state index in [4.69, 9.17) is 0 Å². The van der Waals surface area contributed by atoms with Crippen molar-refractivity contribution in [2.75, 3.05) is 5.75 Å². The molecule has 35 heavy (non-hydrogen) atoms. The molecule has 0 saturated heterocycles. The summed E-state index contributed by atoms with van der Waals surface area (Å²) < 4.78 is 0.